The number of hydrogen-bond donors (Lipinski definition) is 1. The minimum absolute atomic E-state index is 0.814. The van der Waals surface area contributed by atoms with Gasteiger partial charge in [-0.2, -0.15) is 0 Å². The molecule has 2 heterocycles. The van der Waals surface area contributed by atoms with Crippen LogP contribution in [0.2, 0.25) is 0 Å². The fourth-order valence-corrected chi connectivity index (χ4v) is 1.73. The van der Waals surface area contributed by atoms with Crippen LogP contribution in [0.5, 0.6) is 0 Å². The second-order valence-electron chi connectivity index (χ2n) is 3.25. The van der Waals surface area contributed by atoms with Gasteiger partial charge in [0.1, 0.15) is 5.71 Å². The summed E-state index contributed by atoms with van der Waals surface area (Å²) in [6.45, 7) is 7.10. The van der Waals surface area contributed by atoms with E-state index in [1.807, 2.05) is 13.8 Å². The normalized spacial score (nSPS) is 17.2. The Kier molecular flexibility index (Phi) is 3.74. The third kappa shape index (κ3) is 1.97. The molecule has 3 nitrogen and oxygen atoms in total. The van der Waals surface area contributed by atoms with Gasteiger partial charge >= 0.3 is 0 Å². The van der Waals surface area contributed by atoms with E-state index >= 15 is 0 Å². The van der Waals surface area contributed by atoms with Crippen LogP contribution < -0.4 is 0 Å². The van der Waals surface area contributed by atoms with Crippen LogP contribution in [-0.2, 0) is 6.54 Å². The minimum atomic E-state index is 0.814. The van der Waals surface area contributed by atoms with Crippen molar-refractivity contribution < 1.29 is 5.21 Å². The van der Waals surface area contributed by atoms with E-state index in [1.165, 1.54) is 5.56 Å². The monoisotopic (exact) mass is 194 g/mol. The van der Waals surface area contributed by atoms with Gasteiger partial charge in [0.25, 0.3) is 0 Å². The molecule has 14 heavy (non-hydrogen) atoms. The van der Waals surface area contributed by atoms with E-state index in [0.29, 0.717) is 0 Å². The summed E-state index contributed by atoms with van der Waals surface area (Å²) in [5.41, 5.74) is 3.11. The molecule has 0 fully saturated rings. The first-order chi connectivity index (χ1) is 6.81. The first-order valence-corrected chi connectivity index (χ1v) is 5.19. The summed E-state index contributed by atoms with van der Waals surface area (Å²) in [5.74, 6) is 0. The van der Waals surface area contributed by atoms with Crippen molar-refractivity contribution in [2.45, 2.75) is 40.2 Å². The van der Waals surface area contributed by atoms with Crippen molar-refractivity contribution in [3.05, 3.63) is 23.5 Å². The van der Waals surface area contributed by atoms with Gasteiger partial charge < -0.3 is 9.77 Å². The van der Waals surface area contributed by atoms with Gasteiger partial charge in [-0.1, -0.05) is 19.0 Å². The Bertz CT molecular complexity index is 326. The summed E-state index contributed by atoms with van der Waals surface area (Å²) in [7, 11) is 0. The minimum Gasteiger partial charge on any atom is -0.411 e. The molecule has 1 N–H and O–H groups in total. The smallest absolute Gasteiger partial charge is 0.103 e. The summed E-state index contributed by atoms with van der Waals surface area (Å²) in [4.78, 5) is 0. The Balaban J connectivity index is 0.000000461. The van der Waals surface area contributed by atoms with Crippen molar-refractivity contribution in [3.8, 4) is 0 Å². The van der Waals surface area contributed by atoms with Crippen LogP contribution in [0.1, 0.15) is 37.9 Å². The highest BCUT2D eigenvalue weighted by Gasteiger charge is 2.15. The van der Waals surface area contributed by atoms with E-state index in [-0.39, 0.29) is 0 Å². The molecular weight excluding hydrogens is 176 g/mol. The van der Waals surface area contributed by atoms with Gasteiger partial charge in [-0.25, -0.2) is 0 Å². The quantitative estimate of drug-likeness (QED) is 0.500. The van der Waals surface area contributed by atoms with Crippen LogP contribution in [0.3, 0.4) is 0 Å². The molecule has 0 amide bonds. The van der Waals surface area contributed by atoms with Crippen LogP contribution in [0.15, 0.2) is 17.4 Å². The van der Waals surface area contributed by atoms with E-state index in [0.717, 1.165) is 30.8 Å². The molecule has 0 bridgehead atoms. The number of aryl methyl sites for hydroxylation is 2. The second-order valence-corrected chi connectivity index (χ2v) is 3.25. The third-order valence-corrected chi connectivity index (χ3v) is 2.26. The van der Waals surface area contributed by atoms with Crippen LogP contribution >= 0.6 is 0 Å². The van der Waals surface area contributed by atoms with Gasteiger partial charge in [0.05, 0.1) is 5.69 Å². The van der Waals surface area contributed by atoms with E-state index in [4.69, 9.17) is 5.21 Å². The van der Waals surface area contributed by atoms with Crippen molar-refractivity contribution in [2.75, 3.05) is 0 Å². The average molecular weight is 194 g/mol. The zero-order valence-corrected chi connectivity index (χ0v) is 9.12. The molecule has 1 aliphatic heterocycles. The summed E-state index contributed by atoms with van der Waals surface area (Å²) in [5, 5.41) is 12.0. The second kappa shape index (κ2) is 4.84. The molecule has 0 saturated heterocycles. The molecule has 3 heteroatoms. The lowest BCUT2D eigenvalue weighted by Crippen LogP contribution is -2.16. The van der Waals surface area contributed by atoms with Crippen LogP contribution in [0.25, 0.3) is 0 Å². The number of hydrogen-bond acceptors (Lipinski definition) is 2. The molecule has 0 saturated carbocycles. The van der Waals surface area contributed by atoms with Gasteiger partial charge in [0.15, 0.2) is 0 Å². The molecule has 0 radical (unpaired) electrons. The molecule has 1 aromatic rings. The van der Waals surface area contributed by atoms with Gasteiger partial charge in [0.2, 0.25) is 0 Å². The van der Waals surface area contributed by atoms with E-state index in [1.54, 1.807) is 0 Å². The number of oxime groups is 1. The zero-order valence-electron chi connectivity index (χ0n) is 9.12. The van der Waals surface area contributed by atoms with E-state index in [2.05, 4.69) is 28.9 Å². The van der Waals surface area contributed by atoms with Crippen molar-refractivity contribution in [3.63, 3.8) is 0 Å². The fourth-order valence-electron chi connectivity index (χ4n) is 1.73. The highest BCUT2D eigenvalue weighted by molar-refractivity contribution is 5.99. The SMILES string of the molecule is CC.Cc1cc2n(c1)CCC/C2=N\O. The zero-order chi connectivity index (χ0) is 10.6. The summed E-state index contributed by atoms with van der Waals surface area (Å²) in [6, 6.07) is 2.06. The molecule has 0 aliphatic carbocycles. The Morgan fingerprint density at radius 2 is 2.14 bits per heavy atom. The largest absolute Gasteiger partial charge is 0.411 e. The number of nitrogens with zero attached hydrogens (tertiary/aromatic N) is 2. The molecule has 0 unspecified atom stereocenters. The highest BCUT2D eigenvalue weighted by atomic mass is 16.4. The van der Waals surface area contributed by atoms with Gasteiger partial charge in [0, 0.05) is 12.7 Å². The molecule has 1 aromatic heterocycles. The standard InChI is InChI=1S/C9H12N2O.C2H6/c1-7-5-9-8(10-12)3-2-4-11(9)6-7;1-2/h5-6,12H,2-4H2,1H3;1-2H3/b10-8+;. The van der Waals surface area contributed by atoms with Crippen LogP contribution in [0.4, 0.5) is 0 Å². The van der Waals surface area contributed by atoms with E-state index < -0.39 is 0 Å². The van der Waals surface area contributed by atoms with Gasteiger partial charge in [-0.3, -0.25) is 0 Å². The van der Waals surface area contributed by atoms with Crippen molar-refractivity contribution >= 4 is 5.71 Å². The molecule has 2 rings (SSSR count). The lowest BCUT2D eigenvalue weighted by molar-refractivity contribution is 0.316. The maximum absolute atomic E-state index is 8.72. The molecule has 0 aromatic carbocycles. The maximum Gasteiger partial charge on any atom is 0.103 e. The van der Waals surface area contributed by atoms with Crippen LogP contribution in [0, 0.1) is 6.92 Å². The Morgan fingerprint density at radius 3 is 2.79 bits per heavy atom. The van der Waals surface area contributed by atoms with Crippen molar-refractivity contribution in [1.29, 1.82) is 0 Å². The number of fused-ring (bicyclic) bond motifs is 1. The highest BCUT2D eigenvalue weighted by Crippen LogP contribution is 2.17. The first kappa shape index (κ1) is 10.8. The summed E-state index contributed by atoms with van der Waals surface area (Å²) < 4.78 is 2.15. The predicted molar refractivity (Wildman–Crippen MR) is 58.1 cm³/mol. The predicted octanol–water partition coefficient (Wildman–Crippen LogP) is 2.79. The van der Waals surface area contributed by atoms with Crippen LogP contribution in [-0.4, -0.2) is 15.5 Å². The lowest BCUT2D eigenvalue weighted by Gasteiger charge is -2.15. The first-order valence-electron chi connectivity index (χ1n) is 5.19. The van der Waals surface area contributed by atoms with Gasteiger partial charge in [-0.15, -0.1) is 0 Å². The number of aromatic nitrogens is 1. The van der Waals surface area contributed by atoms with Crippen molar-refractivity contribution in [1.82, 2.24) is 4.57 Å². The third-order valence-electron chi connectivity index (χ3n) is 2.26. The Labute approximate surface area is 85.0 Å². The topological polar surface area (TPSA) is 37.5 Å². The fraction of sp³-hybridized carbons (Fsp3) is 0.545. The molecule has 0 spiro atoms. The average Bonchev–Trinajstić information content (AvgIpc) is 2.60. The van der Waals surface area contributed by atoms with E-state index in [9.17, 15) is 0 Å². The Hall–Kier alpha value is -1.25. The molecule has 0 atom stereocenters. The molecule has 1 aliphatic rings. The molecular formula is C11H18N2O. The lowest BCUT2D eigenvalue weighted by atomic mass is 10.1. The summed E-state index contributed by atoms with van der Waals surface area (Å²) in [6.07, 6.45) is 4.06. The van der Waals surface area contributed by atoms with Crippen molar-refractivity contribution in [2.24, 2.45) is 5.16 Å². The Morgan fingerprint density at radius 1 is 1.43 bits per heavy atom. The van der Waals surface area contributed by atoms with Gasteiger partial charge in [-0.05, 0) is 31.4 Å². The summed E-state index contributed by atoms with van der Waals surface area (Å²) >= 11 is 0. The molecule has 78 valence electrons. The number of rotatable bonds is 0. The maximum atomic E-state index is 8.72.